The highest BCUT2D eigenvalue weighted by Gasteiger charge is 2.11. The number of aromatic nitrogens is 2. The maximum absolute atomic E-state index is 13.1. The number of hydrogen-bond acceptors (Lipinski definition) is 2. The van der Waals surface area contributed by atoms with Gasteiger partial charge in [0.15, 0.2) is 0 Å². The summed E-state index contributed by atoms with van der Waals surface area (Å²) in [6.45, 7) is 4.88. The van der Waals surface area contributed by atoms with Gasteiger partial charge >= 0.3 is 0 Å². The number of benzene rings is 1. The Morgan fingerprint density at radius 3 is 2.76 bits per heavy atom. The van der Waals surface area contributed by atoms with Crippen LogP contribution in [0.15, 0.2) is 65.6 Å². The molecule has 3 nitrogen and oxygen atoms in total. The molecule has 0 N–H and O–H groups in total. The standard InChI is InChI=1S/C22H24N2O/c1-3-5-6-7-14-24-21-19(12-9-13-23-21)16-20(22(24)25)18-11-8-10-17(4-2)15-18/h5-6,8-13,15-16H,3-4,7,14H2,1-2H3. The minimum absolute atomic E-state index is 0.0318. The van der Waals surface area contributed by atoms with E-state index in [1.807, 2.05) is 34.9 Å². The fourth-order valence-electron chi connectivity index (χ4n) is 3.07. The topological polar surface area (TPSA) is 34.9 Å². The summed E-state index contributed by atoms with van der Waals surface area (Å²) >= 11 is 0. The van der Waals surface area contributed by atoms with Gasteiger partial charge in [0.2, 0.25) is 0 Å². The molecule has 3 aromatic rings. The predicted octanol–water partition coefficient (Wildman–Crippen LogP) is 4.98. The zero-order chi connectivity index (χ0) is 17.6. The molecule has 0 aliphatic heterocycles. The molecule has 0 bridgehead atoms. The molecule has 0 fully saturated rings. The van der Waals surface area contributed by atoms with Gasteiger partial charge < -0.3 is 0 Å². The first-order valence-electron chi connectivity index (χ1n) is 8.97. The minimum atomic E-state index is 0.0318. The molecular weight excluding hydrogens is 308 g/mol. The van der Waals surface area contributed by atoms with Crippen molar-refractivity contribution in [2.24, 2.45) is 0 Å². The second kappa shape index (κ2) is 7.93. The van der Waals surface area contributed by atoms with Gasteiger partial charge in [0.05, 0.1) is 0 Å². The maximum atomic E-state index is 13.1. The Morgan fingerprint density at radius 1 is 1.08 bits per heavy atom. The molecular formula is C22H24N2O. The average Bonchev–Trinajstić information content (AvgIpc) is 2.66. The van der Waals surface area contributed by atoms with Crippen molar-refractivity contribution in [3.8, 4) is 11.1 Å². The Hall–Kier alpha value is -2.68. The molecule has 0 radical (unpaired) electrons. The van der Waals surface area contributed by atoms with Gasteiger partial charge in [-0.25, -0.2) is 4.98 Å². The van der Waals surface area contributed by atoms with Crippen LogP contribution in [0.5, 0.6) is 0 Å². The largest absolute Gasteiger partial charge is 0.292 e. The zero-order valence-corrected chi connectivity index (χ0v) is 14.9. The van der Waals surface area contributed by atoms with Gasteiger partial charge in [-0.2, -0.15) is 0 Å². The number of aryl methyl sites for hydroxylation is 2. The first-order valence-corrected chi connectivity index (χ1v) is 8.97. The van der Waals surface area contributed by atoms with Crippen LogP contribution in [-0.2, 0) is 13.0 Å². The molecule has 0 amide bonds. The molecule has 0 aliphatic rings. The second-order valence-electron chi connectivity index (χ2n) is 6.15. The smallest absolute Gasteiger partial charge is 0.260 e. The molecule has 2 heterocycles. The number of nitrogens with zero attached hydrogens (tertiary/aromatic N) is 2. The number of hydrogen-bond donors (Lipinski definition) is 0. The SMILES string of the molecule is CCC=CCCn1c(=O)c(-c2cccc(CC)c2)cc2cccnc21. The Kier molecular flexibility index (Phi) is 5.44. The van der Waals surface area contributed by atoms with Gasteiger partial charge in [0.25, 0.3) is 5.56 Å². The fraction of sp³-hybridized carbons (Fsp3) is 0.273. The fourth-order valence-corrected chi connectivity index (χ4v) is 3.07. The van der Waals surface area contributed by atoms with Crippen molar-refractivity contribution in [1.82, 2.24) is 9.55 Å². The summed E-state index contributed by atoms with van der Waals surface area (Å²) in [5.74, 6) is 0. The van der Waals surface area contributed by atoms with E-state index in [9.17, 15) is 4.79 Å². The predicted molar refractivity (Wildman–Crippen MR) is 105 cm³/mol. The van der Waals surface area contributed by atoms with E-state index in [-0.39, 0.29) is 5.56 Å². The summed E-state index contributed by atoms with van der Waals surface area (Å²) in [6.07, 6.45) is 8.81. The summed E-state index contributed by atoms with van der Waals surface area (Å²) in [6, 6.07) is 14.2. The summed E-state index contributed by atoms with van der Waals surface area (Å²) in [7, 11) is 0. The summed E-state index contributed by atoms with van der Waals surface area (Å²) in [5.41, 5.74) is 3.75. The third-order valence-electron chi connectivity index (χ3n) is 4.42. The minimum Gasteiger partial charge on any atom is -0.292 e. The number of fused-ring (bicyclic) bond motifs is 1. The normalized spacial score (nSPS) is 11.4. The van der Waals surface area contributed by atoms with Gasteiger partial charge in [0.1, 0.15) is 5.65 Å². The van der Waals surface area contributed by atoms with Crippen LogP contribution in [0.2, 0.25) is 0 Å². The van der Waals surface area contributed by atoms with E-state index < -0.39 is 0 Å². The van der Waals surface area contributed by atoms with Gasteiger partial charge in [0, 0.05) is 23.7 Å². The Bertz CT molecular complexity index is 954. The van der Waals surface area contributed by atoms with Crippen LogP contribution in [0.3, 0.4) is 0 Å². The lowest BCUT2D eigenvalue weighted by molar-refractivity contribution is 0.701. The second-order valence-corrected chi connectivity index (χ2v) is 6.15. The van der Waals surface area contributed by atoms with Crippen molar-refractivity contribution in [1.29, 1.82) is 0 Å². The van der Waals surface area contributed by atoms with Crippen molar-refractivity contribution in [2.75, 3.05) is 0 Å². The molecule has 128 valence electrons. The summed E-state index contributed by atoms with van der Waals surface area (Å²) in [4.78, 5) is 17.6. The Morgan fingerprint density at radius 2 is 1.96 bits per heavy atom. The van der Waals surface area contributed by atoms with E-state index in [1.165, 1.54) is 5.56 Å². The summed E-state index contributed by atoms with van der Waals surface area (Å²) < 4.78 is 1.81. The van der Waals surface area contributed by atoms with Crippen LogP contribution in [0.25, 0.3) is 22.2 Å². The molecule has 0 saturated heterocycles. The van der Waals surface area contributed by atoms with Gasteiger partial charge in [-0.1, -0.05) is 50.3 Å². The van der Waals surface area contributed by atoms with Crippen molar-refractivity contribution >= 4 is 11.0 Å². The van der Waals surface area contributed by atoms with Gasteiger partial charge in [-0.05, 0) is 48.6 Å². The monoisotopic (exact) mass is 332 g/mol. The molecule has 1 aromatic carbocycles. The highest BCUT2D eigenvalue weighted by molar-refractivity contribution is 5.81. The molecule has 0 saturated carbocycles. The Balaban J connectivity index is 2.14. The maximum Gasteiger partial charge on any atom is 0.260 e. The third-order valence-corrected chi connectivity index (χ3v) is 4.42. The first-order chi connectivity index (χ1) is 12.2. The first kappa shape index (κ1) is 17.2. The third kappa shape index (κ3) is 3.71. The molecule has 3 heteroatoms. The highest BCUT2D eigenvalue weighted by atomic mass is 16.1. The van der Waals surface area contributed by atoms with E-state index >= 15 is 0 Å². The quantitative estimate of drug-likeness (QED) is 0.597. The molecule has 0 unspecified atom stereocenters. The lowest BCUT2D eigenvalue weighted by Crippen LogP contribution is -2.22. The van der Waals surface area contributed by atoms with Crippen molar-refractivity contribution < 1.29 is 0 Å². The van der Waals surface area contributed by atoms with Gasteiger partial charge in [-0.3, -0.25) is 9.36 Å². The van der Waals surface area contributed by atoms with E-state index in [2.05, 4.69) is 43.1 Å². The van der Waals surface area contributed by atoms with Crippen LogP contribution in [0, 0.1) is 0 Å². The molecule has 0 spiro atoms. The van der Waals surface area contributed by atoms with Crippen LogP contribution in [-0.4, -0.2) is 9.55 Å². The van der Waals surface area contributed by atoms with E-state index in [1.54, 1.807) is 6.20 Å². The van der Waals surface area contributed by atoms with Crippen LogP contribution in [0.1, 0.15) is 32.3 Å². The van der Waals surface area contributed by atoms with E-state index in [4.69, 9.17) is 0 Å². The zero-order valence-electron chi connectivity index (χ0n) is 14.9. The Labute approximate surface area is 148 Å². The molecule has 0 atom stereocenters. The summed E-state index contributed by atoms with van der Waals surface area (Å²) in [5, 5.41) is 0.999. The average molecular weight is 332 g/mol. The van der Waals surface area contributed by atoms with Gasteiger partial charge in [-0.15, -0.1) is 0 Å². The lowest BCUT2D eigenvalue weighted by atomic mass is 10.0. The molecule has 3 rings (SSSR count). The number of allylic oxidation sites excluding steroid dienone is 2. The van der Waals surface area contributed by atoms with Crippen LogP contribution < -0.4 is 5.56 Å². The van der Waals surface area contributed by atoms with Crippen LogP contribution >= 0.6 is 0 Å². The molecule has 2 aromatic heterocycles. The highest BCUT2D eigenvalue weighted by Crippen LogP contribution is 2.21. The van der Waals surface area contributed by atoms with E-state index in [0.29, 0.717) is 6.54 Å². The molecule has 0 aliphatic carbocycles. The number of rotatable bonds is 6. The van der Waals surface area contributed by atoms with Crippen molar-refractivity contribution in [3.05, 3.63) is 76.7 Å². The molecule has 25 heavy (non-hydrogen) atoms. The number of pyridine rings is 2. The van der Waals surface area contributed by atoms with Crippen molar-refractivity contribution in [2.45, 2.75) is 39.7 Å². The van der Waals surface area contributed by atoms with Crippen LogP contribution in [0.4, 0.5) is 0 Å². The lowest BCUT2D eigenvalue weighted by Gasteiger charge is -2.12. The van der Waals surface area contributed by atoms with E-state index in [0.717, 1.165) is 41.4 Å². The van der Waals surface area contributed by atoms with Crippen molar-refractivity contribution in [3.63, 3.8) is 0 Å².